The Morgan fingerprint density at radius 1 is 0.838 bits per heavy atom. The summed E-state index contributed by atoms with van der Waals surface area (Å²) in [6.45, 7) is 3.82. The van der Waals surface area contributed by atoms with Crippen molar-refractivity contribution in [1.82, 2.24) is 23.9 Å². The molecule has 0 aromatic carbocycles. The molecule has 3 heterocycles. The van der Waals surface area contributed by atoms with Gasteiger partial charge in [0.15, 0.2) is 0 Å². The number of carbonyl (C=O) groups excluding carboxylic acids is 4. The number of rotatable bonds is 12. The number of anilines is 3. The lowest BCUT2D eigenvalue weighted by atomic mass is 10.3. The van der Waals surface area contributed by atoms with Crippen molar-refractivity contribution in [2.45, 2.75) is 19.9 Å². The third-order valence-corrected chi connectivity index (χ3v) is 5.75. The zero-order valence-corrected chi connectivity index (χ0v) is 21.8. The Morgan fingerprint density at radius 2 is 1.38 bits per heavy atom. The quantitative estimate of drug-likeness (QED) is 0.218. The second-order valence-corrected chi connectivity index (χ2v) is 8.93. The fourth-order valence-corrected chi connectivity index (χ4v) is 3.90. The number of hydrogen-bond donors (Lipinski definition) is 4. The van der Waals surface area contributed by atoms with E-state index in [1.165, 1.54) is 0 Å². The average Bonchev–Trinajstić information content (AvgIpc) is 3.53. The lowest BCUT2D eigenvalue weighted by molar-refractivity contribution is -0.105. The Labute approximate surface area is 215 Å². The van der Waals surface area contributed by atoms with E-state index in [1.54, 1.807) is 64.6 Å². The van der Waals surface area contributed by atoms with Crippen molar-refractivity contribution < 1.29 is 19.2 Å². The Kier molecular flexibility index (Phi) is 8.90. The summed E-state index contributed by atoms with van der Waals surface area (Å²) in [5.41, 5.74) is 2.57. The van der Waals surface area contributed by atoms with Gasteiger partial charge in [0.1, 0.15) is 17.1 Å². The molecule has 0 saturated carbocycles. The number of amides is 4. The van der Waals surface area contributed by atoms with Gasteiger partial charge in [-0.05, 0) is 52.2 Å². The molecule has 4 N–H and O–H groups in total. The van der Waals surface area contributed by atoms with Gasteiger partial charge in [-0.3, -0.25) is 19.2 Å². The smallest absolute Gasteiger partial charge is 0.272 e. The van der Waals surface area contributed by atoms with E-state index in [9.17, 15) is 19.2 Å². The first-order chi connectivity index (χ1) is 17.6. The molecule has 12 heteroatoms. The second-order valence-electron chi connectivity index (χ2n) is 8.93. The maximum Gasteiger partial charge on any atom is 0.272 e. The van der Waals surface area contributed by atoms with Crippen molar-refractivity contribution in [2.75, 3.05) is 43.1 Å². The minimum Gasteiger partial charge on any atom is -0.351 e. The van der Waals surface area contributed by atoms with E-state index in [1.807, 2.05) is 21.0 Å². The Morgan fingerprint density at radius 3 is 2.00 bits per heavy atom. The summed E-state index contributed by atoms with van der Waals surface area (Å²) in [5, 5.41) is 11.0. The fraction of sp³-hybridized carbons (Fsp3) is 0.360. The number of aryl methyl sites for hydroxylation is 3. The average molecular weight is 511 g/mol. The largest absolute Gasteiger partial charge is 0.351 e. The van der Waals surface area contributed by atoms with Gasteiger partial charge in [0.2, 0.25) is 6.41 Å². The van der Waals surface area contributed by atoms with Crippen LogP contribution in [0.4, 0.5) is 17.1 Å². The highest BCUT2D eigenvalue weighted by Crippen LogP contribution is 2.20. The van der Waals surface area contributed by atoms with Crippen molar-refractivity contribution in [3.8, 4) is 0 Å². The van der Waals surface area contributed by atoms with Gasteiger partial charge in [-0.1, -0.05) is 0 Å². The molecular formula is C25H34N8O4. The van der Waals surface area contributed by atoms with Crippen LogP contribution in [0.25, 0.3) is 0 Å². The van der Waals surface area contributed by atoms with Crippen molar-refractivity contribution in [3.05, 3.63) is 53.9 Å². The van der Waals surface area contributed by atoms with Crippen molar-refractivity contribution >= 4 is 41.2 Å². The molecule has 0 bridgehead atoms. The third kappa shape index (κ3) is 6.88. The normalized spacial score (nSPS) is 10.9. The van der Waals surface area contributed by atoms with Gasteiger partial charge < -0.3 is 39.9 Å². The van der Waals surface area contributed by atoms with Crippen LogP contribution in [0, 0.1) is 0 Å². The zero-order chi connectivity index (χ0) is 27.1. The molecular weight excluding hydrogens is 476 g/mol. The van der Waals surface area contributed by atoms with Gasteiger partial charge in [0.25, 0.3) is 17.7 Å². The highest BCUT2D eigenvalue weighted by Gasteiger charge is 2.19. The van der Waals surface area contributed by atoms with Crippen molar-refractivity contribution in [1.29, 1.82) is 0 Å². The molecule has 198 valence electrons. The van der Waals surface area contributed by atoms with Gasteiger partial charge in [-0.2, -0.15) is 0 Å². The third-order valence-electron chi connectivity index (χ3n) is 5.75. The van der Waals surface area contributed by atoms with Crippen LogP contribution in [0.3, 0.4) is 0 Å². The summed E-state index contributed by atoms with van der Waals surface area (Å²) < 4.78 is 4.97. The molecule has 0 radical (unpaired) electrons. The van der Waals surface area contributed by atoms with Crippen LogP contribution >= 0.6 is 0 Å². The second kappa shape index (κ2) is 12.1. The topological polar surface area (TPSA) is 134 Å². The maximum atomic E-state index is 13.1. The predicted octanol–water partition coefficient (Wildman–Crippen LogP) is 1.94. The van der Waals surface area contributed by atoms with E-state index in [-0.39, 0.29) is 17.7 Å². The van der Waals surface area contributed by atoms with Gasteiger partial charge in [-0.25, -0.2) is 0 Å². The molecule has 0 aliphatic rings. The van der Waals surface area contributed by atoms with Crippen LogP contribution in [0.1, 0.15) is 44.8 Å². The lowest BCUT2D eigenvalue weighted by Crippen LogP contribution is -2.28. The summed E-state index contributed by atoms with van der Waals surface area (Å²) in [5.74, 6) is -0.968. The van der Waals surface area contributed by atoms with Gasteiger partial charge in [0.05, 0.1) is 17.1 Å². The van der Waals surface area contributed by atoms with Crippen LogP contribution in [0.15, 0.2) is 36.8 Å². The minimum atomic E-state index is -0.383. The summed E-state index contributed by atoms with van der Waals surface area (Å²) in [6, 6.07) is 4.77. The molecule has 0 unspecified atom stereocenters. The van der Waals surface area contributed by atoms with Crippen LogP contribution in [0.5, 0.6) is 0 Å². The number of nitrogens with one attached hydrogen (secondary N) is 4. The van der Waals surface area contributed by atoms with E-state index >= 15 is 0 Å². The molecule has 0 saturated heterocycles. The summed E-state index contributed by atoms with van der Waals surface area (Å²) in [7, 11) is 7.39. The van der Waals surface area contributed by atoms with Gasteiger partial charge >= 0.3 is 0 Å². The summed E-state index contributed by atoms with van der Waals surface area (Å²) in [6.07, 6.45) is 6.35. The standard InChI is InChI=1S/C25H34N8O4/c1-6-33-15-19(29-24(36)21-10-17(27-16-34)13-31(21)4)12-22(33)25(37)28-18-11-20(32(5)14-18)23(35)26-8-7-9-30(2)3/h10-16H,6-9H2,1-5H3,(H,26,35)(H,27,34)(H,28,37)(H,29,36). The molecule has 4 amide bonds. The molecule has 3 aromatic rings. The Hall–Kier alpha value is -4.32. The molecule has 3 aromatic heterocycles. The van der Waals surface area contributed by atoms with E-state index in [4.69, 9.17) is 0 Å². The predicted molar refractivity (Wildman–Crippen MR) is 142 cm³/mol. The molecule has 12 nitrogen and oxygen atoms in total. The molecule has 0 aliphatic carbocycles. The molecule has 0 spiro atoms. The van der Waals surface area contributed by atoms with E-state index < -0.39 is 0 Å². The van der Waals surface area contributed by atoms with E-state index in [2.05, 4.69) is 26.2 Å². The first-order valence-electron chi connectivity index (χ1n) is 11.9. The Bertz CT molecular complexity index is 1280. The van der Waals surface area contributed by atoms with E-state index in [0.717, 1.165) is 13.0 Å². The first kappa shape index (κ1) is 27.3. The molecule has 3 rings (SSSR count). The van der Waals surface area contributed by atoms with Crippen molar-refractivity contribution in [3.63, 3.8) is 0 Å². The van der Waals surface area contributed by atoms with Crippen LogP contribution in [-0.4, -0.2) is 69.9 Å². The number of nitrogens with zero attached hydrogens (tertiary/aromatic N) is 4. The maximum absolute atomic E-state index is 13.1. The number of aromatic nitrogens is 3. The monoisotopic (exact) mass is 510 g/mol. The summed E-state index contributed by atoms with van der Waals surface area (Å²) in [4.78, 5) is 51.1. The zero-order valence-electron chi connectivity index (χ0n) is 21.8. The van der Waals surface area contributed by atoms with Crippen molar-refractivity contribution in [2.24, 2.45) is 14.1 Å². The highest BCUT2D eigenvalue weighted by atomic mass is 16.2. The van der Waals surface area contributed by atoms with Crippen LogP contribution < -0.4 is 21.3 Å². The fourth-order valence-electron chi connectivity index (χ4n) is 3.90. The first-order valence-corrected chi connectivity index (χ1v) is 11.9. The molecule has 37 heavy (non-hydrogen) atoms. The molecule has 0 fully saturated rings. The van der Waals surface area contributed by atoms with Crippen LogP contribution in [0.2, 0.25) is 0 Å². The van der Waals surface area contributed by atoms with Gasteiger partial charge in [-0.15, -0.1) is 0 Å². The highest BCUT2D eigenvalue weighted by molar-refractivity contribution is 6.07. The Balaban J connectivity index is 1.67. The van der Waals surface area contributed by atoms with Crippen LogP contribution in [-0.2, 0) is 25.4 Å². The number of carbonyl (C=O) groups is 4. The SMILES string of the molecule is CCn1cc(NC(=O)c2cc(NC=O)cn2C)cc1C(=O)Nc1cc(C(=O)NCCCN(C)C)n(C)c1. The van der Waals surface area contributed by atoms with Gasteiger partial charge in [0, 0.05) is 45.8 Å². The van der Waals surface area contributed by atoms with E-state index in [0.29, 0.717) is 53.6 Å². The molecule has 0 atom stereocenters. The number of hydrogen-bond acceptors (Lipinski definition) is 5. The minimum absolute atomic E-state index is 0.212. The summed E-state index contributed by atoms with van der Waals surface area (Å²) >= 11 is 0. The molecule has 0 aliphatic heterocycles. The lowest BCUT2D eigenvalue weighted by Gasteiger charge is -2.10.